The highest BCUT2D eigenvalue weighted by atomic mass is 35.5. The van der Waals surface area contributed by atoms with Gasteiger partial charge in [0.15, 0.2) is 0 Å². The third kappa shape index (κ3) is 5.10. The number of amides is 1. The molecule has 1 fully saturated rings. The maximum atomic E-state index is 12.7. The summed E-state index contributed by atoms with van der Waals surface area (Å²) in [6, 6.07) is 17.9. The quantitative estimate of drug-likeness (QED) is 0.744. The molecule has 5 nitrogen and oxygen atoms in total. The van der Waals surface area contributed by atoms with Crippen LogP contribution < -0.4 is 0 Å². The standard InChI is InChI=1S/C23H27NO4.ClH/c1-22(2,3)28-21(27)24-15-7-14-23(24,20(25)26)16-17-10-12-19(13-11-17)18-8-5-4-6-9-18;/h4-6,8-13H,7,14-16H2,1-3H3,(H,25,26);1H/t23-;/m0./s1. The van der Waals surface area contributed by atoms with E-state index in [-0.39, 0.29) is 18.8 Å². The minimum Gasteiger partial charge on any atom is -0.479 e. The van der Waals surface area contributed by atoms with Crippen molar-refractivity contribution >= 4 is 24.5 Å². The van der Waals surface area contributed by atoms with E-state index in [9.17, 15) is 14.7 Å². The largest absolute Gasteiger partial charge is 0.479 e. The lowest BCUT2D eigenvalue weighted by atomic mass is 9.87. The fraction of sp³-hybridized carbons (Fsp3) is 0.391. The lowest BCUT2D eigenvalue weighted by Crippen LogP contribution is -2.55. The van der Waals surface area contributed by atoms with Gasteiger partial charge in [-0.2, -0.15) is 0 Å². The van der Waals surface area contributed by atoms with Crippen LogP contribution >= 0.6 is 12.4 Å². The zero-order chi connectivity index (χ0) is 20.4. The molecule has 1 heterocycles. The van der Waals surface area contributed by atoms with Crippen LogP contribution in [0.1, 0.15) is 39.2 Å². The van der Waals surface area contributed by atoms with Crippen LogP contribution in [0.4, 0.5) is 4.79 Å². The number of halogens is 1. The van der Waals surface area contributed by atoms with E-state index >= 15 is 0 Å². The molecule has 1 saturated heterocycles. The number of carbonyl (C=O) groups excluding carboxylic acids is 1. The van der Waals surface area contributed by atoms with Gasteiger partial charge in [-0.25, -0.2) is 9.59 Å². The van der Waals surface area contributed by atoms with Gasteiger partial charge < -0.3 is 9.84 Å². The van der Waals surface area contributed by atoms with Crippen LogP contribution in [0.25, 0.3) is 11.1 Å². The molecule has 1 N–H and O–H groups in total. The molecule has 0 unspecified atom stereocenters. The average Bonchev–Trinajstić information content (AvgIpc) is 3.07. The Bertz CT molecular complexity index is 845. The molecule has 156 valence electrons. The molecular weight excluding hydrogens is 390 g/mol. The first-order valence-corrected chi connectivity index (χ1v) is 9.60. The summed E-state index contributed by atoms with van der Waals surface area (Å²) in [6.07, 6.45) is 0.764. The van der Waals surface area contributed by atoms with Crippen molar-refractivity contribution < 1.29 is 19.4 Å². The maximum Gasteiger partial charge on any atom is 0.411 e. The number of ether oxygens (including phenoxy) is 1. The summed E-state index contributed by atoms with van der Waals surface area (Å²) in [6.45, 7) is 5.74. The summed E-state index contributed by atoms with van der Waals surface area (Å²) in [5.74, 6) is -0.983. The average molecular weight is 418 g/mol. The summed E-state index contributed by atoms with van der Waals surface area (Å²) in [7, 11) is 0. The van der Waals surface area contributed by atoms with Crippen LogP contribution in [0.2, 0.25) is 0 Å². The number of aliphatic carboxylic acids is 1. The minimum atomic E-state index is -1.27. The van der Waals surface area contributed by atoms with Crippen LogP contribution in [0.5, 0.6) is 0 Å². The second-order valence-corrected chi connectivity index (χ2v) is 8.31. The smallest absolute Gasteiger partial charge is 0.411 e. The Morgan fingerprint density at radius 3 is 2.17 bits per heavy atom. The predicted octanol–water partition coefficient (Wildman–Crippen LogP) is 5.17. The molecule has 0 bridgehead atoms. The van der Waals surface area contributed by atoms with Crippen molar-refractivity contribution in [2.75, 3.05) is 6.54 Å². The third-order valence-electron chi connectivity index (χ3n) is 5.06. The van der Waals surface area contributed by atoms with Crippen molar-refractivity contribution in [1.29, 1.82) is 0 Å². The number of nitrogens with zero attached hydrogens (tertiary/aromatic N) is 1. The second-order valence-electron chi connectivity index (χ2n) is 8.31. The molecule has 0 aliphatic carbocycles. The van der Waals surface area contributed by atoms with Gasteiger partial charge in [0.25, 0.3) is 0 Å². The monoisotopic (exact) mass is 417 g/mol. The second kappa shape index (κ2) is 8.87. The molecule has 1 aliphatic rings. The highest BCUT2D eigenvalue weighted by Crippen LogP contribution is 2.35. The Hall–Kier alpha value is -2.53. The normalized spacial score (nSPS) is 18.8. The van der Waals surface area contributed by atoms with Crippen molar-refractivity contribution in [1.82, 2.24) is 4.90 Å². The Balaban J connectivity index is 0.00000300. The van der Waals surface area contributed by atoms with E-state index in [1.807, 2.05) is 54.6 Å². The van der Waals surface area contributed by atoms with Crippen molar-refractivity contribution in [2.45, 2.75) is 51.2 Å². The van der Waals surface area contributed by atoms with Gasteiger partial charge in [-0.3, -0.25) is 4.90 Å². The van der Waals surface area contributed by atoms with E-state index in [1.54, 1.807) is 20.8 Å². The number of carboxylic acid groups (broad SMARTS) is 1. The topological polar surface area (TPSA) is 66.8 Å². The first-order valence-electron chi connectivity index (χ1n) is 9.60. The van der Waals surface area contributed by atoms with Gasteiger partial charge in [0.2, 0.25) is 0 Å². The Kier molecular flexibility index (Phi) is 6.96. The van der Waals surface area contributed by atoms with Crippen LogP contribution in [0, 0.1) is 0 Å². The Morgan fingerprint density at radius 1 is 1.03 bits per heavy atom. The molecule has 2 aromatic rings. The van der Waals surface area contributed by atoms with Gasteiger partial charge in [0.1, 0.15) is 11.1 Å². The fourth-order valence-corrected chi connectivity index (χ4v) is 3.73. The molecule has 0 saturated carbocycles. The predicted molar refractivity (Wildman–Crippen MR) is 115 cm³/mol. The van der Waals surface area contributed by atoms with Crippen LogP contribution in [-0.2, 0) is 16.0 Å². The van der Waals surface area contributed by atoms with E-state index in [4.69, 9.17) is 4.74 Å². The number of hydrogen-bond acceptors (Lipinski definition) is 3. The lowest BCUT2D eigenvalue weighted by molar-refractivity contribution is -0.149. The zero-order valence-corrected chi connectivity index (χ0v) is 17.9. The molecule has 0 aromatic heterocycles. The van der Waals surface area contributed by atoms with Gasteiger partial charge in [-0.15, -0.1) is 12.4 Å². The summed E-state index contributed by atoms with van der Waals surface area (Å²) >= 11 is 0. The number of hydrogen-bond donors (Lipinski definition) is 1. The Labute approximate surface area is 178 Å². The van der Waals surface area contributed by atoms with Gasteiger partial charge in [-0.05, 0) is 50.3 Å². The van der Waals surface area contributed by atoms with E-state index in [0.29, 0.717) is 19.4 Å². The molecule has 1 amide bonds. The first kappa shape index (κ1) is 22.8. The summed E-state index contributed by atoms with van der Waals surface area (Å²) < 4.78 is 5.47. The summed E-state index contributed by atoms with van der Waals surface area (Å²) in [5.41, 5.74) is 1.14. The van der Waals surface area contributed by atoms with Gasteiger partial charge in [0, 0.05) is 13.0 Å². The van der Waals surface area contributed by atoms with Crippen molar-refractivity contribution in [3.63, 3.8) is 0 Å². The highest BCUT2D eigenvalue weighted by molar-refractivity contribution is 5.86. The van der Waals surface area contributed by atoms with Gasteiger partial charge >= 0.3 is 12.1 Å². The van der Waals surface area contributed by atoms with E-state index < -0.39 is 23.2 Å². The maximum absolute atomic E-state index is 12.7. The molecule has 0 spiro atoms. The third-order valence-corrected chi connectivity index (χ3v) is 5.06. The summed E-state index contributed by atoms with van der Waals surface area (Å²) in [4.78, 5) is 26.3. The number of carboxylic acids is 1. The summed E-state index contributed by atoms with van der Waals surface area (Å²) in [5, 5.41) is 10.0. The Morgan fingerprint density at radius 2 is 1.62 bits per heavy atom. The SMILES string of the molecule is CC(C)(C)OC(=O)N1CCC[C@]1(Cc1ccc(-c2ccccc2)cc1)C(=O)O.Cl. The van der Waals surface area contributed by atoms with Gasteiger partial charge in [-0.1, -0.05) is 54.6 Å². The van der Waals surface area contributed by atoms with E-state index in [0.717, 1.165) is 16.7 Å². The molecule has 2 aromatic carbocycles. The zero-order valence-electron chi connectivity index (χ0n) is 17.1. The van der Waals surface area contributed by atoms with Crippen LogP contribution in [-0.4, -0.2) is 39.8 Å². The highest BCUT2D eigenvalue weighted by Gasteiger charge is 2.51. The number of carbonyl (C=O) groups is 2. The molecule has 3 rings (SSSR count). The molecule has 0 radical (unpaired) electrons. The number of rotatable bonds is 4. The van der Waals surface area contributed by atoms with Crippen molar-refractivity contribution in [2.24, 2.45) is 0 Å². The molecule has 29 heavy (non-hydrogen) atoms. The minimum absolute atomic E-state index is 0. The molecule has 1 atom stereocenters. The lowest BCUT2D eigenvalue weighted by Gasteiger charge is -2.36. The fourth-order valence-electron chi connectivity index (χ4n) is 3.73. The van der Waals surface area contributed by atoms with E-state index in [1.165, 1.54) is 4.90 Å². The molecule has 6 heteroatoms. The number of likely N-dealkylation sites (tertiary alicyclic amines) is 1. The van der Waals surface area contributed by atoms with Gasteiger partial charge in [0.05, 0.1) is 0 Å². The first-order chi connectivity index (χ1) is 13.2. The number of benzene rings is 2. The van der Waals surface area contributed by atoms with Crippen LogP contribution in [0.15, 0.2) is 54.6 Å². The molecule has 1 aliphatic heterocycles. The van der Waals surface area contributed by atoms with Crippen molar-refractivity contribution in [3.8, 4) is 11.1 Å². The molecular formula is C23H28ClNO4. The van der Waals surface area contributed by atoms with E-state index in [2.05, 4.69) is 0 Å². The van der Waals surface area contributed by atoms with Crippen LogP contribution in [0.3, 0.4) is 0 Å². The van der Waals surface area contributed by atoms with Crippen molar-refractivity contribution in [3.05, 3.63) is 60.2 Å².